The molecule has 0 spiro atoms. The first-order valence-electron chi connectivity index (χ1n) is 6.15. The zero-order valence-corrected chi connectivity index (χ0v) is 9.88. The summed E-state index contributed by atoms with van der Waals surface area (Å²) in [4.78, 5) is 0. The van der Waals surface area contributed by atoms with Gasteiger partial charge in [-0.2, -0.15) is 0 Å². The molecule has 1 rings (SSSR count). The summed E-state index contributed by atoms with van der Waals surface area (Å²) in [5.74, 6) is 0. The lowest BCUT2D eigenvalue weighted by molar-refractivity contribution is -0.0717. The number of alkyl halides is 1. The molecule has 0 radical (unpaired) electrons. The summed E-state index contributed by atoms with van der Waals surface area (Å²) in [5, 5.41) is 0. The summed E-state index contributed by atoms with van der Waals surface area (Å²) >= 11 is 0. The predicted molar refractivity (Wildman–Crippen MR) is 58.8 cm³/mol. The topological polar surface area (TPSA) is 18.5 Å². The number of unbranched alkanes of at least 4 members (excludes halogenated alkanes) is 1. The van der Waals surface area contributed by atoms with Gasteiger partial charge in [-0.3, -0.25) is 0 Å². The fraction of sp³-hybridized carbons (Fsp3) is 1.00. The van der Waals surface area contributed by atoms with E-state index in [0.29, 0.717) is 19.6 Å². The zero-order chi connectivity index (χ0) is 11.1. The molecular weight excluding hydrogens is 195 g/mol. The van der Waals surface area contributed by atoms with Crippen molar-refractivity contribution in [2.24, 2.45) is 0 Å². The van der Waals surface area contributed by atoms with Crippen molar-refractivity contribution in [3.8, 4) is 0 Å². The van der Waals surface area contributed by atoms with Crippen LogP contribution in [0, 0.1) is 0 Å². The Balaban J connectivity index is 2.20. The van der Waals surface area contributed by atoms with Crippen LogP contribution in [0.25, 0.3) is 0 Å². The van der Waals surface area contributed by atoms with E-state index >= 15 is 0 Å². The van der Waals surface area contributed by atoms with Gasteiger partial charge in [0, 0.05) is 19.6 Å². The maximum Gasteiger partial charge on any atom is 0.129 e. The number of ether oxygens (including phenoxy) is 2. The second-order valence-electron chi connectivity index (χ2n) is 4.17. The Bertz CT molecular complexity index is 164. The van der Waals surface area contributed by atoms with Gasteiger partial charge in [-0.05, 0) is 26.2 Å². The van der Waals surface area contributed by atoms with Crippen LogP contribution >= 0.6 is 0 Å². The zero-order valence-electron chi connectivity index (χ0n) is 9.88. The first-order chi connectivity index (χ1) is 7.27. The van der Waals surface area contributed by atoms with Gasteiger partial charge in [0.05, 0.1) is 12.2 Å². The molecule has 90 valence electrons. The lowest BCUT2D eigenvalue weighted by atomic mass is 9.93. The van der Waals surface area contributed by atoms with Crippen LogP contribution < -0.4 is 0 Å². The third kappa shape index (κ3) is 4.47. The summed E-state index contributed by atoms with van der Waals surface area (Å²) in [5.41, 5.74) is 0. The van der Waals surface area contributed by atoms with Gasteiger partial charge >= 0.3 is 0 Å². The monoisotopic (exact) mass is 218 g/mol. The normalized spacial score (nSPS) is 31.8. The molecule has 0 aromatic rings. The minimum atomic E-state index is -0.841. The maximum atomic E-state index is 13.6. The van der Waals surface area contributed by atoms with Gasteiger partial charge in [0.25, 0.3) is 0 Å². The SMILES string of the molecule is CCCCOC1CCC(OCC)CC1F. The van der Waals surface area contributed by atoms with Crippen molar-refractivity contribution in [1.29, 1.82) is 0 Å². The minimum absolute atomic E-state index is 0.107. The van der Waals surface area contributed by atoms with Crippen molar-refractivity contribution in [3.63, 3.8) is 0 Å². The quantitative estimate of drug-likeness (QED) is 0.638. The Morgan fingerprint density at radius 1 is 1.20 bits per heavy atom. The van der Waals surface area contributed by atoms with Gasteiger partial charge in [0.2, 0.25) is 0 Å². The highest BCUT2D eigenvalue weighted by atomic mass is 19.1. The third-order valence-corrected chi connectivity index (χ3v) is 2.90. The Hall–Kier alpha value is -0.150. The van der Waals surface area contributed by atoms with Crippen LogP contribution in [-0.2, 0) is 9.47 Å². The fourth-order valence-electron chi connectivity index (χ4n) is 2.01. The molecule has 0 bridgehead atoms. The van der Waals surface area contributed by atoms with Crippen molar-refractivity contribution >= 4 is 0 Å². The van der Waals surface area contributed by atoms with E-state index in [0.717, 1.165) is 25.7 Å². The highest BCUT2D eigenvalue weighted by Gasteiger charge is 2.31. The molecule has 3 heteroatoms. The van der Waals surface area contributed by atoms with E-state index in [9.17, 15) is 4.39 Å². The van der Waals surface area contributed by atoms with Crippen LogP contribution in [0.3, 0.4) is 0 Å². The molecule has 2 nitrogen and oxygen atoms in total. The molecule has 0 aromatic heterocycles. The van der Waals surface area contributed by atoms with Crippen LogP contribution in [0.2, 0.25) is 0 Å². The molecule has 0 amide bonds. The molecule has 0 saturated heterocycles. The van der Waals surface area contributed by atoms with Crippen LogP contribution in [0.4, 0.5) is 4.39 Å². The van der Waals surface area contributed by atoms with Crippen LogP contribution in [0.1, 0.15) is 46.0 Å². The van der Waals surface area contributed by atoms with E-state index in [-0.39, 0.29) is 12.2 Å². The number of halogens is 1. The van der Waals surface area contributed by atoms with Crippen LogP contribution in [-0.4, -0.2) is 31.6 Å². The highest BCUT2D eigenvalue weighted by Crippen LogP contribution is 2.26. The Morgan fingerprint density at radius 2 is 2.00 bits per heavy atom. The summed E-state index contributed by atoms with van der Waals surface area (Å²) < 4.78 is 24.6. The second-order valence-corrected chi connectivity index (χ2v) is 4.17. The van der Waals surface area contributed by atoms with E-state index < -0.39 is 6.17 Å². The predicted octanol–water partition coefficient (Wildman–Crippen LogP) is 3.10. The fourth-order valence-corrected chi connectivity index (χ4v) is 2.01. The molecular formula is C12H23FO2. The second kappa shape index (κ2) is 7.18. The first kappa shape index (κ1) is 12.9. The Labute approximate surface area is 92.1 Å². The third-order valence-electron chi connectivity index (χ3n) is 2.90. The van der Waals surface area contributed by atoms with Crippen LogP contribution in [0.15, 0.2) is 0 Å². The van der Waals surface area contributed by atoms with E-state index in [1.165, 1.54) is 0 Å². The minimum Gasteiger partial charge on any atom is -0.378 e. The molecule has 3 atom stereocenters. The lowest BCUT2D eigenvalue weighted by Crippen LogP contribution is -2.36. The summed E-state index contributed by atoms with van der Waals surface area (Å²) in [6.07, 6.45) is 3.45. The summed E-state index contributed by atoms with van der Waals surface area (Å²) in [6.45, 7) is 5.44. The maximum absolute atomic E-state index is 13.6. The van der Waals surface area contributed by atoms with E-state index in [4.69, 9.17) is 9.47 Å². The standard InChI is InChI=1S/C12H23FO2/c1-3-5-8-15-12-7-6-10(14-4-2)9-11(12)13/h10-12H,3-9H2,1-2H3. The Morgan fingerprint density at radius 3 is 2.60 bits per heavy atom. The first-order valence-corrected chi connectivity index (χ1v) is 6.15. The average Bonchev–Trinajstić information content (AvgIpc) is 2.22. The van der Waals surface area contributed by atoms with E-state index in [1.54, 1.807) is 0 Å². The van der Waals surface area contributed by atoms with Crippen molar-refractivity contribution in [3.05, 3.63) is 0 Å². The molecule has 1 aliphatic rings. The van der Waals surface area contributed by atoms with Gasteiger partial charge in [0.15, 0.2) is 0 Å². The molecule has 1 saturated carbocycles. The van der Waals surface area contributed by atoms with Gasteiger partial charge < -0.3 is 9.47 Å². The summed E-state index contributed by atoms with van der Waals surface area (Å²) in [6, 6.07) is 0. The molecule has 0 heterocycles. The largest absolute Gasteiger partial charge is 0.378 e. The van der Waals surface area contributed by atoms with Crippen molar-refractivity contribution < 1.29 is 13.9 Å². The number of hydrogen-bond donors (Lipinski definition) is 0. The Kier molecular flexibility index (Phi) is 6.18. The smallest absolute Gasteiger partial charge is 0.129 e. The van der Waals surface area contributed by atoms with Gasteiger partial charge in [0.1, 0.15) is 6.17 Å². The molecule has 3 unspecified atom stereocenters. The molecule has 15 heavy (non-hydrogen) atoms. The van der Waals surface area contributed by atoms with Crippen molar-refractivity contribution in [2.45, 2.75) is 64.3 Å². The molecule has 1 aliphatic carbocycles. The molecule has 1 fully saturated rings. The van der Waals surface area contributed by atoms with Crippen LogP contribution in [0.5, 0.6) is 0 Å². The van der Waals surface area contributed by atoms with Crippen molar-refractivity contribution in [1.82, 2.24) is 0 Å². The van der Waals surface area contributed by atoms with E-state index in [1.807, 2.05) is 6.92 Å². The van der Waals surface area contributed by atoms with Gasteiger partial charge in [-0.1, -0.05) is 13.3 Å². The van der Waals surface area contributed by atoms with Gasteiger partial charge in [-0.15, -0.1) is 0 Å². The molecule has 0 aromatic carbocycles. The number of rotatable bonds is 6. The lowest BCUT2D eigenvalue weighted by Gasteiger charge is -2.31. The summed E-state index contributed by atoms with van der Waals surface area (Å²) in [7, 11) is 0. The molecule has 0 N–H and O–H groups in total. The molecule has 0 aliphatic heterocycles. The van der Waals surface area contributed by atoms with Gasteiger partial charge in [-0.25, -0.2) is 4.39 Å². The highest BCUT2D eigenvalue weighted by molar-refractivity contribution is 4.81. The van der Waals surface area contributed by atoms with Crippen molar-refractivity contribution in [2.75, 3.05) is 13.2 Å². The number of hydrogen-bond acceptors (Lipinski definition) is 2. The van der Waals surface area contributed by atoms with E-state index in [2.05, 4.69) is 6.92 Å². The average molecular weight is 218 g/mol.